The van der Waals surface area contributed by atoms with Gasteiger partial charge in [0.1, 0.15) is 5.82 Å². The first-order chi connectivity index (χ1) is 10.0. The minimum Gasteiger partial charge on any atom is -0.505 e. The first-order valence-corrected chi connectivity index (χ1v) is 7.40. The van der Waals surface area contributed by atoms with Crippen LogP contribution in [0.2, 0.25) is 0 Å². The Kier molecular flexibility index (Phi) is 5.31. The number of rotatable bonds is 5. The smallest absolute Gasteiger partial charge is 0.172 e. The van der Waals surface area contributed by atoms with Crippen molar-refractivity contribution in [3.8, 4) is 5.75 Å². The lowest BCUT2D eigenvalue weighted by Crippen LogP contribution is -2.18. The van der Waals surface area contributed by atoms with Crippen molar-refractivity contribution in [1.82, 2.24) is 5.32 Å². The van der Waals surface area contributed by atoms with Gasteiger partial charge in [-0.25, -0.2) is 8.78 Å². The Balaban J connectivity index is 1.94. The van der Waals surface area contributed by atoms with Crippen LogP contribution in [-0.4, -0.2) is 11.7 Å². The minimum absolute atomic E-state index is 0.0408. The summed E-state index contributed by atoms with van der Waals surface area (Å²) in [6, 6.07) is 8.04. The largest absolute Gasteiger partial charge is 0.505 e. The van der Waals surface area contributed by atoms with Gasteiger partial charge in [0.25, 0.3) is 0 Å². The summed E-state index contributed by atoms with van der Waals surface area (Å²) >= 11 is 3.47. The van der Waals surface area contributed by atoms with Gasteiger partial charge in [0.05, 0.1) is 0 Å². The number of phenols is 1. The molecule has 2 nitrogen and oxygen atoms in total. The van der Waals surface area contributed by atoms with Crippen LogP contribution < -0.4 is 5.32 Å². The Labute approximate surface area is 130 Å². The van der Waals surface area contributed by atoms with Gasteiger partial charge in [-0.05, 0) is 49.2 Å². The molecule has 2 aromatic carbocycles. The monoisotopic (exact) mass is 355 g/mol. The van der Waals surface area contributed by atoms with Crippen LogP contribution in [0.15, 0.2) is 34.8 Å². The molecular weight excluding hydrogens is 340 g/mol. The van der Waals surface area contributed by atoms with Crippen LogP contribution in [0, 0.1) is 18.6 Å². The predicted molar refractivity (Wildman–Crippen MR) is 82.3 cm³/mol. The van der Waals surface area contributed by atoms with Gasteiger partial charge < -0.3 is 10.4 Å². The Bertz CT molecular complexity index is 646. The molecule has 21 heavy (non-hydrogen) atoms. The number of aromatic hydroxyl groups is 1. The van der Waals surface area contributed by atoms with Crippen LogP contribution in [0.1, 0.15) is 16.7 Å². The number of hydrogen-bond acceptors (Lipinski definition) is 2. The van der Waals surface area contributed by atoms with Crippen LogP contribution in [0.5, 0.6) is 5.75 Å². The maximum absolute atomic E-state index is 13.6. The van der Waals surface area contributed by atoms with Crippen LogP contribution >= 0.6 is 15.9 Å². The third-order valence-corrected chi connectivity index (χ3v) is 4.28. The topological polar surface area (TPSA) is 32.3 Å². The Morgan fingerprint density at radius 2 is 1.95 bits per heavy atom. The van der Waals surface area contributed by atoms with E-state index in [1.807, 2.05) is 25.1 Å². The standard InChI is InChI=1S/C16H16BrF2NO/c1-10-11(3-2-4-13(10)17)7-8-20-9-12-14(18)5-6-15(21)16(12)19/h2-6,20-21H,7-9H2,1H3. The Morgan fingerprint density at radius 1 is 1.19 bits per heavy atom. The van der Waals surface area contributed by atoms with Gasteiger partial charge in [0.15, 0.2) is 11.6 Å². The van der Waals surface area contributed by atoms with Gasteiger partial charge >= 0.3 is 0 Å². The quantitative estimate of drug-likeness (QED) is 0.792. The first kappa shape index (κ1) is 15.9. The molecule has 0 aliphatic rings. The highest BCUT2D eigenvalue weighted by molar-refractivity contribution is 9.10. The van der Waals surface area contributed by atoms with E-state index in [4.69, 9.17) is 0 Å². The minimum atomic E-state index is -0.902. The van der Waals surface area contributed by atoms with E-state index in [2.05, 4.69) is 21.2 Å². The second-order valence-corrected chi connectivity index (χ2v) is 5.66. The average molecular weight is 356 g/mol. The number of phenolic OH excluding ortho intramolecular Hbond substituents is 1. The zero-order valence-electron chi connectivity index (χ0n) is 11.6. The van der Waals surface area contributed by atoms with Gasteiger partial charge in [-0.2, -0.15) is 0 Å². The van der Waals surface area contributed by atoms with Crippen molar-refractivity contribution in [2.24, 2.45) is 0 Å². The highest BCUT2D eigenvalue weighted by Gasteiger charge is 2.12. The fourth-order valence-electron chi connectivity index (χ4n) is 2.11. The lowest BCUT2D eigenvalue weighted by Gasteiger charge is -2.10. The summed E-state index contributed by atoms with van der Waals surface area (Å²) in [5, 5.41) is 12.3. The van der Waals surface area contributed by atoms with E-state index < -0.39 is 17.4 Å². The summed E-state index contributed by atoms with van der Waals surface area (Å²) in [6.07, 6.45) is 0.757. The molecule has 2 N–H and O–H groups in total. The van der Waals surface area contributed by atoms with Gasteiger partial charge in [0, 0.05) is 16.6 Å². The SMILES string of the molecule is Cc1c(Br)cccc1CCNCc1c(F)ccc(O)c1F. The summed E-state index contributed by atoms with van der Waals surface area (Å²) in [5.41, 5.74) is 2.20. The van der Waals surface area contributed by atoms with Crippen molar-refractivity contribution in [2.45, 2.75) is 19.9 Å². The molecule has 0 bridgehead atoms. The molecule has 0 unspecified atom stereocenters. The maximum atomic E-state index is 13.6. The molecular formula is C16H16BrF2NO. The van der Waals surface area contributed by atoms with E-state index in [0.717, 1.165) is 28.6 Å². The van der Waals surface area contributed by atoms with E-state index in [1.54, 1.807) is 0 Å². The molecule has 2 aromatic rings. The van der Waals surface area contributed by atoms with E-state index >= 15 is 0 Å². The van der Waals surface area contributed by atoms with E-state index in [1.165, 1.54) is 5.56 Å². The molecule has 0 fully saturated rings. The molecule has 2 rings (SSSR count). The van der Waals surface area contributed by atoms with Gasteiger partial charge in [-0.1, -0.05) is 28.1 Å². The normalized spacial score (nSPS) is 10.9. The first-order valence-electron chi connectivity index (χ1n) is 6.61. The van der Waals surface area contributed by atoms with Gasteiger partial charge in [0.2, 0.25) is 0 Å². The number of halogens is 3. The third-order valence-electron chi connectivity index (χ3n) is 3.42. The Hall–Kier alpha value is -1.46. The van der Waals surface area contributed by atoms with Crippen molar-refractivity contribution in [3.63, 3.8) is 0 Å². The van der Waals surface area contributed by atoms with Crippen molar-refractivity contribution in [3.05, 3.63) is 63.1 Å². The molecule has 0 aliphatic carbocycles. The fourth-order valence-corrected chi connectivity index (χ4v) is 2.51. The van der Waals surface area contributed by atoms with Crippen molar-refractivity contribution >= 4 is 15.9 Å². The number of nitrogens with one attached hydrogen (secondary N) is 1. The van der Waals surface area contributed by atoms with Crippen molar-refractivity contribution in [1.29, 1.82) is 0 Å². The van der Waals surface area contributed by atoms with Crippen LogP contribution in [-0.2, 0) is 13.0 Å². The maximum Gasteiger partial charge on any atom is 0.172 e. The van der Waals surface area contributed by atoms with Gasteiger partial charge in [-0.15, -0.1) is 0 Å². The molecule has 0 spiro atoms. The molecule has 0 heterocycles. The molecule has 0 saturated carbocycles. The van der Waals surface area contributed by atoms with Crippen molar-refractivity contribution in [2.75, 3.05) is 6.54 Å². The summed E-state index contributed by atoms with van der Waals surface area (Å²) in [7, 11) is 0. The lowest BCUT2D eigenvalue weighted by molar-refractivity contribution is 0.419. The molecule has 0 aliphatic heterocycles. The highest BCUT2D eigenvalue weighted by Crippen LogP contribution is 2.22. The summed E-state index contributed by atoms with van der Waals surface area (Å²) in [4.78, 5) is 0. The second-order valence-electron chi connectivity index (χ2n) is 4.81. The lowest BCUT2D eigenvalue weighted by atomic mass is 10.1. The molecule has 0 saturated heterocycles. The second kappa shape index (κ2) is 7.00. The predicted octanol–water partition coefficient (Wildman–Crippen LogP) is 4.07. The number of benzene rings is 2. The van der Waals surface area contributed by atoms with Gasteiger partial charge in [-0.3, -0.25) is 0 Å². The van der Waals surface area contributed by atoms with Crippen molar-refractivity contribution < 1.29 is 13.9 Å². The third kappa shape index (κ3) is 3.80. The molecule has 0 amide bonds. The fraction of sp³-hybridized carbons (Fsp3) is 0.250. The number of hydrogen-bond donors (Lipinski definition) is 2. The molecule has 0 aromatic heterocycles. The zero-order valence-corrected chi connectivity index (χ0v) is 13.2. The van der Waals surface area contributed by atoms with Crippen LogP contribution in [0.4, 0.5) is 8.78 Å². The van der Waals surface area contributed by atoms with E-state index in [9.17, 15) is 13.9 Å². The highest BCUT2D eigenvalue weighted by atomic mass is 79.9. The summed E-state index contributed by atoms with van der Waals surface area (Å²) in [5.74, 6) is -2.09. The molecule has 0 atom stereocenters. The molecule has 0 radical (unpaired) electrons. The van der Waals surface area contributed by atoms with E-state index in [0.29, 0.717) is 6.54 Å². The molecule has 5 heteroatoms. The zero-order chi connectivity index (χ0) is 15.4. The van der Waals surface area contributed by atoms with E-state index in [-0.39, 0.29) is 12.1 Å². The summed E-state index contributed by atoms with van der Waals surface area (Å²) in [6.45, 7) is 2.65. The molecule has 112 valence electrons. The van der Waals surface area contributed by atoms with Crippen LogP contribution in [0.3, 0.4) is 0 Å². The van der Waals surface area contributed by atoms with Crippen LogP contribution in [0.25, 0.3) is 0 Å². The Morgan fingerprint density at radius 3 is 2.71 bits per heavy atom. The average Bonchev–Trinajstić information content (AvgIpc) is 2.46. The summed E-state index contributed by atoms with van der Waals surface area (Å²) < 4.78 is 28.1.